The average molecular weight is 187 g/mol. The minimum absolute atomic E-state index is 0.128. The molecule has 0 bridgehead atoms. The summed E-state index contributed by atoms with van der Waals surface area (Å²) in [5.74, 6) is 0.684. The Bertz CT molecular complexity index is 248. The number of benzene rings is 1. The van der Waals surface area contributed by atoms with Gasteiger partial charge in [-0.15, -0.1) is 0 Å². The molecule has 0 aliphatic rings. The molecule has 3 heteroatoms. The molecule has 0 saturated carbocycles. The highest BCUT2D eigenvalue weighted by atomic mass is 35.5. The molecule has 0 radical (unpaired) electrons. The van der Waals surface area contributed by atoms with E-state index in [0.29, 0.717) is 5.75 Å². The summed E-state index contributed by atoms with van der Waals surface area (Å²) >= 11 is 5.38. The summed E-state index contributed by atoms with van der Waals surface area (Å²) in [6.07, 6.45) is -0.469. The van der Waals surface area contributed by atoms with Crippen LogP contribution in [0.5, 0.6) is 5.75 Å². The van der Waals surface area contributed by atoms with E-state index in [-0.39, 0.29) is 6.07 Å². The van der Waals surface area contributed by atoms with Crippen molar-refractivity contribution < 1.29 is 9.84 Å². The largest absolute Gasteiger partial charge is 0.478 e. The summed E-state index contributed by atoms with van der Waals surface area (Å²) in [7, 11) is 0. The highest BCUT2D eigenvalue weighted by molar-refractivity contribution is 6.17. The first-order chi connectivity index (χ1) is 5.74. The molecule has 1 atom stereocenters. The number of ether oxygens (including phenoxy) is 1. The lowest BCUT2D eigenvalue weighted by molar-refractivity contribution is 0.199. The lowest BCUT2D eigenvalue weighted by Gasteiger charge is -2.06. The second kappa shape index (κ2) is 4.33. The average Bonchev–Trinajstić information content (AvgIpc) is 2.05. The van der Waals surface area contributed by atoms with Crippen molar-refractivity contribution in [3.63, 3.8) is 0 Å². The van der Waals surface area contributed by atoms with Crippen LogP contribution in [0.15, 0.2) is 24.3 Å². The Kier molecular flexibility index (Phi) is 3.38. The van der Waals surface area contributed by atoms with Crippen molar-refractivity contribution in [2.24, 2.45) is 0 Å². The first-order valence-corrected chi connectivity index (χ1v) is 4.24. The fourth-order valence-corrected chi connectivity index (χ4v) is 1.05. The van der Waals surface area contributed by atoms with Crippen molar-refractivity contribution >= 4 is 11.6 Å². The second-order valence-corrected chi connectivity index (χ2v) is 2.72. The molecule has 0 saturated heterocycles. The fraction of sp³-hybridized carbons (Fsp3) is 0.333. The normalized spacial score (nSPS) is 12.6. The third-order valence-corrected chi connectivity index (χ3v) is 1.67. The Hall–Kier alpha value is -0.730. The molecule has 0 amide bonds. The van der Waals surface area contributed by atoms with Gasteiger partial charge in [0.2, 0.25) is 0 Å². The van der Waals surface area contributed by atoms with Gasteiger partial charge in [0.25, 0.3) is 0 Å². The van der Waals surface area contributed by atoms with Crippen LogP contribution in [0.3, 0.4) is 0 Å². The van der Waals surface area contributed by atoms with Gasteiger partial charge >= 0.3 is 0 Å². The Morgan fingerprint density at radius 1 is 1.58 bits per heavy atom. The monoisotopic (exact) mass is 186 g/mol. The molecule has 12 heavy (non-hydrogen) atoms. The molecule has 0 heterocycles. The van der Waals surface area contributed by atoms with Crippen molar-refractivity contribution in [3.8, 4) is 5.75 Å². The predicted octanol–water partition coefficient (Wildman–Crippen LogP) is 2.32. The predicted molar refractivity (Wildman–Crippen MR) is 48.4 cm³/mol. The summed E-state index contributed by atoms with van der Waals surface area (Å²) in [6.45, 7) is 1.71. The lowest BCUT2D eigenvalue weighted by atomic mass is 10.1. The minimum Gasteiger partial charge on any atom is -0.478 e. The third kappa shape index (κ3) is 2.40. The van der Waals surface area contributed by atoms with Crippen molar-refractivity contribution in [2.75, 3.05) is 6.07 Å². The molecule has 1 unspecified atom stereocenters. The zero-order valence-corrected chi connectivity index (χ0v) is 7.58. The number of hydrogen-bond acceptors (Lipinski definition) is 2. The molecule has 1 aromatic rings. The van der Waals surface area contributed by atoms with E-state index in [4.69, 9.17) is 16.3 Å². The van der Waals surface area contributed by atoms with Gasteiger partial charge in [-0.1, -0.05) is 23.7 Å². The fourth-order valence-electron chi connectivity index (χ4n) is 0.927. The van der Waals surface area contributed by atoms with Crippen LogP contribution in [0.25, 0.3) is 0 Å². The molecule has 1 rings (SSSR count). The van der Waals surface area contributed by atoms with E-state index in [1.807, 2.05) is 12.1 Å². The smallest absolute Gasteiger partial charge is 0.162 e. The van der Waals surface area contributed by atoms with Crippen LogP contribution < -0.4 is 4.74 Å². The van der Waals surface area contributed by atoms with E-state index in [9.17, 15) is 5.11 Å². The van der Waals surface area contributed by atoms with Gasteiger partial charge in [-0.05, 0) is 24.6 Å². The van der Waals surface area contributed by atoms with Gasteiger partial charge in [-0.3, -0.25) is 0 Å². The minimum atomic E-state index is -0.469. The number of alkyl halides is 1. The lowest BCUT2D eigenvalue weighted by Crippen LogP contribution is -1.93. The molecule has 0 aliphatic heterocycles. The number of halogens is 1. The van der Waals surface area contributed by atoms with Gasteiger partial charge in [0.05, 0.1) is 6.10 Å². The van der Waals surface area contributed by atoms with E-state index >= 15 is 0 Å². The molecule has 0 aliphatic carbocycles. The zero-order chi connectivity index (χ0) is 8.97. The van der Waals surface area contributed by atoms with Crippen LogP contribution in [-0.2, 0) is 0 Å². The summed E-state index contributed by atoms with van der Waals surface area (Å²) in [5.41, 5.74) is 0.831. The number of hydrogen-bond donors (Lipinski definition) is 1. The molecular formula is C9H11ClO2. The molecule has 2 nitrogen and oxygen atoms in total. The maximum atomic E-state index is 9.23. The Morgan fingerprint density at radius 2 is 2.33 bits per heavy atom. The van der Waals surface area contributed by atoms with Crippen LogP contribution in [-0.4, -0.2) is 11.2 Å². The number of aliphatic hydroxyl groups excluding tert-OH is 1. The van der Waals surface area contributed by atoms with Crippen LogP contribution in [0.1, 0.15) is 18.6 Å². The Balaban J connectivity index is 2.81. The highest BCUT2D eigenvalue weighted by Gasteiger charge is 2.01. The maximum Gasteiger partial charge on any atom is 0.162 e. The van der Waals surface area contributed by atoms with Crippen molar-refractivity contribution in [1.82, 2.24) is 0 Å². The van der Waals surface area contributed by atoms with Gasteiger partial charge < -0.3 is 9.84 Å². The SMILES string of the molecule is CC(O)c1cccc(OCCl)c1. The van der Waals surface area contributed by atoms with E-state index < -0.39 is 6.10 Å². The topological polar surface area (TPSA) is 29.5 Å². The van der Waals surface area contributed by atoms with E-state index in [1.54, 1.807) is 19.1 Å². The van der Waals surface area contributed by atoms with Gasteiger partial charge in [0, 0.05) is 0 Å². The van der Waals surface area contributed by atoms with E-state index in [2.05, 4.69) is 0 Å². The van der Waals surface area contributed by atoms with Crippen LogP contribution in [0.4, 0.5) is 0 Å². The van der Waals surface area contributed by atoms with Gasteiger partial charge in [-0.25, -0.2) is 0 Å². The molecular weight excluding hydrogens is 176 g/mol. The van der Waals surface area contributed by atoms with Crippen molar-refractivity contribution in [3.05, 3.63) is 29.8 Å². The summed E-state index contributed by atoms with van der Waals surface area (Å²) < 4.78 is 5.05. The van der Waals surface area contributed by atoms with Crippen LogP contribution in [0.2, 0.25) is 0 Å². The molecule has 1 aromatic carbocycles. The standard InChI is InChI=1S/C9H11ClO2/c1-7(11)8-3-2-4-9(5-8)12-6-10/h2-5,7,11H,6H2,1H3. The number of rotatable bonds is 3. The highest BCUT2D eigenvalue weighted by Crippen LogP contribution is 2.18. The molecule has 66 valence electrons. The second-order valence-electron chi connectivity index (χ2n) is 2.50. The summed E-state index contributed by atoms with van der Waals surface area (Å²) in [5, 5.41) is 9.23. The molecule has 0 spiro atoms. The molecule has 0 aromatic heterocycles. The molecule has 1 N–H and O–H groups in total. The number of aliphatic hydroxyl groups is 1. The van der Waals surface area contributed by atoms with E-state index in [0.717, 1.165) is 5.56 Å². The van der Waals surface area contributed by atoms with Crippen LogP contribution >= 0.6 is 11.6 Å². The van der Waals surface area contributed by atoms with Crippen molar-refractivity contribution in [1.29, 1.82) is 0 Å². The first kappa shape index (κ1) is 9.36. The van der Waals surface area contributed by atoms with Crippen LogP contribution in [0, 0.1) is 0 Å². The quantitative estimate of drug-likeness (QED) is 0.735. The van der Waals surface area contributed by atoms with Gasteiger partial charge in [-0.2, -0.15) is 0 Å². The van der Waals surface area contributed by atoms with Crippen molar-refractivity contribution in [2.45, 2.75) is 13.0 Å². The summed E-state index contributed by atoms with van der Waals surface area (Å²) in [6, 6.07) is 7.36. The zero-order valence-electron chi connectivity index (χ0n) is 6.83. The third-order valence-electron chi connectivity index (χ3n) is 1.56. The van der Waals surface area contributed by atoms with E-state index in [1.165, 1.54) is 0 Å². The summed E-state index contributed by atoms with van der Waals surface area (Å²) in [4.78, 5) is 0. The molecule has 0 fully saturated rings. The maximum absolute atomic E-state index is 9.23. The first-order valence-electron chi connectivity index (χ1n) is 3.71. The Labute approximate surface area is 76.7 Å². The van der Waals surface area contributed by atoms with Gasteiger partial charge in [0.15, 0.2) is 6.07 Å². The Morgan fingerprint density at radius 3 is 2.92 bits per heavy atom. The van der Waals surface area contributed by atoms with Gasteiger partial charge in [0.1, 0.15) is 5.75 Å².